The Bertz CT molecular complexity index is 409. The van der Waals surface area contributed by atoms with E-state index >= 15 is 0 Å². The van der Waals surface area contributed by atoms with Gasteiger partial charge in [0, 0.05) is 17.3 Å². The van der Waals surface area contributed by atoms with E-state index in [2.05, 4.69) is 18.5 Å². The van der Waals surface area contributed by atoms with Crippen molar-refractivity contribution in [3.05, 3.63) is 54.3 Å². The van der Waals surface area contributed by atoms with Crippen molar-refractivity contribution in [3.63, 3.8) is 0 Å². The number of halogens is 2. The molecule has 2 nitrogen and oxygen atoms in total. The molecule has 0 heterocycles. The molecule has 16 heavy (non-hydrogen) atoms. The number of hydrogen-bond acceptors (Lipinski definition) is 2. The van der Waals surface area contributed by atoms with E-state index in [0.717, 1.165) is 18.2 Å². The van der Waals surface area contributed by atoms with Gasteiger partial charge in [0.1, 0.15) is 17.4 Å². The van der Waals surface area contributed by atoms with E-state index in [4.69, 9.17) is 5.11 Å². The summed E-state index contributed by atoms with van der Waals surface area (Å²) in [4.78, 5) is 0. The average molecular weight is 225 g/mol. The maximum Gasteiger partial charge on any atom is 0.128 e. The fourth-order valence-corrected chi connectivity index (χ4v) is 1.22. The van der Waals surface area contributed by atoms with Gasteiger partial charge >= 0.3 is 0 Å². The van der Waals surface area contributed by atoms with E-state index in [1.807, 2.05) is 0 Å². The number of rotatable bonds is 4. The number of nitrogens with one attached hydrogen (secondary N) is 1. The van der Waals surface area contributed by atoms with E-state index in [-0.39, 0.29) is 17.5 Å². The number of hydrogen-bond donors (Lipinski definition) is 2. The highest BCUT2D eigenvalue weighted by Crippen LogP contribution is 2.17. The van der Waals surface area contributed by atoms with Crippen LogP contribution in [0.2, 0.25) is 0 Å². The van der Waals surface area contributed by atoms with Gasteiger partial charge in [-0.2, -0.15) is 0 Å². The fraction of sp³-hybridized carbons (Fsp3) is 0.167. The first-order valence-corrected chi connectivity index (χ1v) is 4.70. The molecule has 0 spiro atoms. The molecule has 2 N–H and O–H groups in total. The Morgan fingerprint density at radius 2 is 1.75 bits per heavy atom. The van der Waals surface area contributed by atoms with Crippen LogP contribution in [-0.2, 0) is 0 Å². The van der Waals surface area contributed by atoms with Gasteiger partial charge in [0.05, 0.1) is 6.04 Å². The topological polar surface area (TPSA) is 32.3 Å². The highest BCUT2D eigenvalue weighted by molar-refractivity contribution is 5.47. The molecule has 0 aliphatic rings. The predicted molar refractivity (Wildman–Crippen MR) is 60.4 cm³/mol. The smallest absolute Gasteiger partial charge is 0.128 e. The van der Waals surface area contributed by atoms with Crippen LogP contribution in [0.15, 0.2) is 42.7 Å². The highest BCUT2D eigenvalue weighted by atomic mass is 19.1. The Balaban J connectivity index is 2.80. The maximum atomic E-state index is 12.9. The molecule has 1 atom stereocenters. The molecule has 0 fully saturated rings. The Hall–Kier alpha value is -1.84. The predicted octanol–water partition coefficient (Wildman–Crippen LogP) is 3.39. The van der Waals surface area contributed by atoms with Gasteiger partial charge in [-0.15, -0.1) is 0 Å². The van der Waals surface area contributed by atoms with E-state index in [0.29, 0.717) is 5.57 Å². The average Bonchev–Trinajstić information content (AvgIpc) is 2.14. The zero-order chi connectivity index (χ0) is 12.3. The van der Waals surface area contributed by atoms with Gasteiger partial charge in [-0.1, -0.05) is 13.2 Å². The minimum Gasteiger partial charge on any atom is -0.508 e. The van der Waals surface area contributed by atoms with Gasteiger partial charge in [0.25, 0.3) is 0 Å². The van der Waals surface area contributed by atoms with Gasteiger partial charge in [0.2, 0.25) is 0 Å². The molecule has 0 radical (unpaired) electrons. The van der Waals surface area contributed by atoms with Crippen molar-refractivity contribution in [2.45, 2.75) is 13.0 Å². The first-order valence-electron chi connectivity index (χ1n) is 4.70. The van der Waals surface area contributed by atoms with Gasteiger partial charge in [-0.3, -0.25) is 0 Å². The van der Waals surface area contributed by atoms with Crippen LogP contribution in [-0.4, -0.2) is 11.1 Å². The third-order valence-corrected chi connectivity index (χ3v) is 2.14. The molecule has 0 bridgehead atoms. The number of aliphatic hydroxyl groups is 1. The zero-order valence-corrected chi connectivity index (χ0v) is 8.93. The molecular formula is C12H13F2NO. The van der Waals surface area contributed by atoms with Crippen molar-refractivity contribution < 1.29 is 13.9 Å². The number of anilines is 1. The first-order chi connectivity index (χ1) is 7.40. The van der Waals surface area contributed by atoms with Gasteiger partial charge in [-0.25, -0.2) is 8.78 Å². The lowest BCUT2D eigenvalue weighted by Crippen LogP contribution is -2.18. The third-order valence-electron chi connectivity index (χ3n) is 2.14. The Morgan fingerprint density at radius 1 is 1.25 bits per heavy atom. The molecule has 0 aliphatic carbocycles. The first kappa shape index (κ1) is 12.2. The van der Waals surface area contributed by atoms with Gasteiger partial charge < -0.3 is 10.4 Å². The van der Waals surface area contributed by atoms with E-state index in [1.54, 1.807) is 6.92 Å². The van der Waals surface area contributed by atoms with Crippen molar-refractivity contribution in [1.82, 2.24) is 0 Å². The molecule has 1 rings (SSSR count). The standard InChI is InChI=1S/C12H13F2NO/c1-7(9(3)16)8(2)15-12-5-10(13)4-11(14)6-12/h4-6,8,15-16H,1,3H2,2H3. The van der Waals surface area contributed by atoms with E-state index in [9.17, 15) is 8.78 Å². The van der Waals surface area contributed by atoms with Crippen LogP contribution in [0.3, 0.4) is 0 Å². The monoisotopic (exact) mass is 225 g/mol. The van der Waals surface area contributed by atoms with Crippen LogP contribution < -0.4 is 5.32 Å². The molecule has 0 saturated carbocycles. The second kappa shape index (κ2) is 4.79. The second-order valence-corrected chi connectivity index (χ2v) is 3.50. The van der Waals surface area contributed by atoms with Gasteiger partial charge in [0.15, 0.2) is 0 Å². The van der Waals surface area contributed by atoms with Crippen LogP contribution in [0.4, 0.5) is 14.5 Å². The number of aliphatic hydroxyl groups excluding tert-OH is 1. The van der Waals surface area contributed by atoms with Crippen molar-refractivity contribution >= 4 is 5.69 Å². The van der Waals surface area contributed by atoms with E-state index < -0.39 is 11.6 Å². The van der Waals surface area contributed by atoms with E-state index in [1.165, 1.54) is 0 Å². The molecule has 4 heteroatoms. The summed E-state index contributed by atoms with van der Waals surface area (Å²) in [5.74, 6) is -1.48. The van der Waals surface area contributed by atoms with Gasteiger partial charge in [-0.05, 0) is 19.1 Å². The molecular weight excluding hydrogens is 212 g/mol. The lowest BCUT2D eigenvalue weighted by atomic mass is 10.1. The Labute approximate surface area is 92.9 Å². The normalized spacial score (nSPS) is 11.9. The molecule has 0 aromatic heterocycles. The number of benzene rings is 1. The molecule has 0 amide bonds. The summed E-state index contributed by atoms with van der Waals surface area (Å²) in [6.45, 7) is 8.62. The molecule has 1 aromatic rings. The molecule has 86 valence electrons. The van der Waals surface area contributed by atoms with Crippen LogP contribution in [0, 0.1) is 11.6 Å². The molecule has 0 saturated heterocycles. The summed E-state index contributed by atoms with van der Waals surface area (Å²) in [7, 11) is 0. The summed E-state index contributed by atoms with van der Waals surface area (Å²) in [5.41, 5.74) is 0.650. The van der Waals surface area contributed by atoms with Crippen molar-refractivity contribution in [3.8, 4) is 0 Å². The summed E-state index contributed by atoms with van der Waals surface area (Å²) >= 11 is 0. The zero-order valence-electron chi connectivity index (χ0n) is 8.93. The largest absolute Gasteiger partial charge is 0.508 e. The third kappa shape index (κ3) is 3.08. The minimum atomic E-state index is -0.664. The van der Waals surface area contributed by atoms with Crippen LogP contribution in [0.25, 0.3) is 0 Å². The second-order valence-electron chi connectivity index (χ2n) is 3.50. The van der Waals surface area contributed by atoms with Crippen LogP contribution >= 0.6 is 0 Å². The lowest BCUT2D eigenvalue weighted by molar-refractivity contribution is 0.421. The SMILES string of the molecule is C=C(O)C(=C)C(C)Nc1cc(F)cc(F)c1. The van der Waals surface area contributed by atoms with Crippen molar-refractivity contribution in [2.24, 2.45) is 0 Å². The maximum absolute atomic E-state index is 12.9. The lowest BCUT2D eigenvalue weighted by Gasteiger charge is -2.17. The van der Waals surface area contributed by atoms with Crippen LogP contribution in [0.5, 0.6) is 0 Å². The summed E-state index contributed by atoms with van der Waals surface area (Å²) < 4.78 is 25.7. The highest BCUT2D eigenvalue weighted by Gasteiger charge is 2.10. The summed E-state index contributed by atoms with van der Waals surface area (Å²) in [6, 6.07) is 2.74. The summed E-state index contributed by atoms with van der Waals surface area (Å²) in [5, 5.41) is 11.9. The fourth-order valence-electron chi connectivity index (χ4n) is 1.22. The quantitative estimate of drug-likeness (QED) is 0.608. The Morgan fingerprint density at radius 3 is 2.19 bits per heavy atom. The molecule has 1 unspecified atom stereocenters. The van der Waals surface area contributed by atoms with Crippen LogP contribution in [0.1, 0.15) is 6.92 Å². The van der Waals surface area contributed by atoms with Crippen molar-refractivity contribution in [2.75, 3.05) is 5.32 Å². The minimum absolute atomic E-state index is 0.156. The molecule has 1 aromatic carbocycles. The summed E-state index contributed by atoms with van der Waals surface area (Å²) in [6.07, 6.45) is 0. The molecule has 0 aliphatic heterocycles. The Kier molecular flexibility index (Phi) is 3.66. The van der Waals surface area contributed by atoms with Crippen molar-refractivity contribution in [1.29, 1.82) is 0 Å².